The van der Waals surface area contributed by atoms with Crippen molar-refractivity contribution in [2.75, 3.05) is 7.11 Å². The largest absolute Gasteiger partial charge is 0.466 e. The Morgan fingerprint density at radius 1 is 1.36 bits per heavy atom. The van der Waals surface area contributed by atoms with E-state index < -0.39 is 0 Å². The van der Waals surface area contributed by atoms with Crippen LogP contribution in [0.3, 0.4) is 0 Å². The second kappa shape index (κ2) is 7.60. The molecule has 0 amide bonds. The van der Waals surface area contributed by atoms with Crippen molar-refractivity contribution in [3.63, 3.8) is 0 Å². The molecule has 0 aromatic carbocycles. The van der Waals surface area contributed by atoms with Gasteiger partial charge in [-0.3, -0.25) is 0 Å². The third-order valence-electron chi connectivity index (χ3n) is 2.59. The zero-order valence-electron chi connectivity index (χ0n) is 9.64. The molecular formula is C12H22O2. The van der Waals surface area contributed by atoms with Crippen LogP contribution in [0.5, 0.6) is 0 Å². The summed E-state index contributed by atoms with van der Waals surface area (Å²) in [5, 5.41) is 0. The molecule has 0 fully saturated rings. The highest BCUT2D eigenvalue weighted by Gasteiger charge is 2.17. The summed E-state index contributed by atoms with van der Waals surface area (Å²) in [4.78, 5) is 11.2. The van der Waals surface area contributed by atoms with Crippen LogP contribution in [0, 0.1) is 5.92 Å². The molecule has 1 unspecified atom stereocenters. The minimum atomic E-state index is -0.256. The van der Waals surface area contributed by atoms with Crippen LogP contribution in [0.4, 0.5) is 0 Å². The van der Waals surface area contributed by atoms with Crippen LogP contribution in [0.15, 0.2) is 12.2 Å². The van der Waals surface area contributed by atoms with Crippen molar-refractivity contribution in [2.45, 2.75) is 46.0 Å². The Kier molecular flexibility index (Phi) is 7.17. The maximum absolute atomic E-state index is 11.2. The molecule has 0 aromatic rings. The second-order valence-electron chi connectivity index (χ2n) is 3.62. The molecule has 2 heteroatoms. The predicted molar refractivity (Wildman–Crippen MR) is 59.1 cm³/mol. The van der Waals surface area contributed by atoms with Crippen LogP contribution in [0.25, 0.3) is 0 Å². The van der Waals surface area contributed by atoms with Gasteiger partial charge in [0.25, 0.3) is 0 Å². The molecule has 0 aliphatic carbocycles. The summed E-state index contributed by atoms with van der Waals surface area (Å²) in [5.74, 6) is 0.0438. The van der Waals surface area contributed by atoms with Gasteiger partial charge in [-0.15, -0.1) is 0 Å². The van der Waals surface area contributed by atoms with E-state index in [0.717, 1.165) is 12.8 Å². The van der Waals surface area contributed by atoms with Gasteiger partial charge in [0.15, 0.2) is 0 Å². The molecule has 0 radical (unpaired) electrons. The van der Waals surface area contributed by atoms with Crippen LogP contribution in [0.2, 0.25) is 0 Å². The standard InChI is InChI=1S/C12H22O2/c1-5-7-8-9-11(6-2)10(3)12(13)14-4/h11H,3,5-9H2,1-2,4H3. The topological polar surface area (TPSA) is 26.3 Å². The molecule has 2 nitrogen and oxygen atoms in total. The van der Waals surface area contributed by atoms with E-state index in [9.17, 15) is 4.79 Å². The van der Waals surface area contributed by atoms with E-state index in [-0.39, 0.29) is 5.97 Å². The number of rotatable bonds is 7. The third-order valence-corrected chi connectivity index (χ3v) is 2.59. The Morgan fingerprint density at radius 3 is 2.43 bits per heavy atom. The van der Waals surface area contributed by atoms with Crippen molar-refractivity contribution in [1.29, 1.82) is 0 Å². The van der Waals surface area contributed by atoms with Gasteiger partial charge in [0.05, 0.1) is 7.11 Å². The molecule has 0 saturated heterocycles. The number of hydrogen-bond donors (Lipinski definition) is 0. The second-order valence-corrected chi connectivity index (χ2v) is 3.62. The summed E-state index contributed by atoms with van der Waals surface area (Å²) in [6.07, 6.45) is 5.63. The minimum Gasteiger partial charge on any atom is -0.466 e. The number of carbonyl (C=O) groups is 1. The summed E-state index contributed by atoms with van der Waals surface area (Å²) >= 11 is 0. The van der Waals surface area contributed by atoms with Crippen molar-refractivity contribution < 1.29 is 9.53 Å². The fourth-order valence-electron chi connectivity index (χ4n) is 1.56. The van der Waals surface area contributed by atoms with Crippen LogP contribution in [0.1, 0.15) is 46.0 Å². The van der Waals surface area contributed by atoms with Gasteiger partial charge in [0, 0.05) is 5.57 Å². The highest BCUT2D eigenvalue weighted by molar-refractivity contribution is 5.88. The lowest BCUT2D eigenvalue weighted by Crippen LogP contribution is -2.13. The van der Waals surface area contributed by atoms with Gasteiger partial charge in [0.2, 0.25) is 0 Å². The van der Waals surface area contributed by atoms with Crippen LogP contribution in [-0.4, -0.2) is 13.1 Å². The van der Waals surface area contributed by atoms with E-state index >= 15 is 0 Å². The van der Waals surface area contributed by atoms with Crippen LogP contribution < -0.4 is 0 Å². The van der Waals surface area contributed by atoms with E-state index in [1.165, 1.54) is 26.4 Å². The Bertz CT molecular complexity index is 185. The first-order valence-corrected chi connectivity index (χ1v) is 5.44. The molecule has 1 atom stereocenters. The number of esters is 1. The lowest BCUT2D eigenvalue weighted by atomic mass is 9.92. The summed E-state index contributed by atoms with van der Waals surface area (Å²) in [6.45, 7) is 8.07. The van der Waals surface area contributed by atoms with Gasteiger partial charge in [-0.2, -0.15) is 0 Å². The van der Waals surface area contributed by atoms with E-state index in [4.69, 9.17) is 0 Å². The summed E-state index contributed by atoms with van der Waals surface area (Å²) in [6, 6.07) is 0. The molecule has 0 spiro atoms. The third kappa shape index (κ3) is 4.45. The van der Waals surface area contributed by atoms with Crippen molar-refractivity contribution >= 4 is 5.97 Å². The van der Waals surface area contributed by atoms with E-state index in [0.29, 0.717) is 11.5 Å². The van der Waals surface area contributed by atoms with E-state index in [2.05, 4.69) is 25.2 Å². The number of unbranched alkanes of at least 4 members (excludes halogenated alkanes) is 2. The lowest BCUT2D eigenvalue weighted by molar-refractivity contribution is -0.136. The smallest absolute Gasteiger partial charge is 0.333 e. The van der Waals surface area contributed by atoms with Gasteiger partial charge < -0.3 is 4.74 Å². The highest BCUT2D eigenvalue weighted by atomic mass is 16.5. The predicted octanol–water partition coefficient (Wildman–Crippen LogP) is 3.32. The van der Waals surface area contributed by atoms with Crippen LogP contribution in [-0.2, 0) is 9.53 Å². The summed E-state index contributed by atoms with van der Waals surface area (Å²) in [7, 11) is 1.41. The van der Waals surface area contributed by atoms with Gasteiger partial charge in [0.1, 0.15) is 0 Å². The molecule has 0 N–H and O–H groups in total. The zero-order valence-corrected chi connectivity index (χ0v) is 9.64. The molecule has 0 heterocycles. The average molecular weight is 198 g/mol. The zero-order chi connectivity index (χ0) is 11.0. The molecule has 82 valence electrons. The highest BCUT2D eigenvalue weighted by Crippen LogP contribution is 2.21. The quantitative estimate of drug-likeness (QED) is 0.356. The molecule has 0 rings (SSSR count). The first kappa shape index (κ1) is 13.2. The minimum absolute atomic E-state index is 0.256. The summed E-state index contributed by atoms with van der Waals surface area (Å²) < 4.78 is 4.66. The first-order chi connectivity index (χ1) is 6.67. The van der Waals surface area contributed by atoms with Crippen molar-refractivity contribution in [3.05, 3.63) is 12.2 Å². The fourth-order valence-corrected chi connectivity index (χ4v) is 1.56. The molecule has 0 bridgehead atoms. The van der Waals surface area contributed by atoms with Gasteiger partial charge in [-0.1, -0.05) is 39.7 Å². The monoisotopic (exact) mass is 198 g/mol. The first-order valence-electron chi connectivity index (χ1n) is 5.44. The Balaban J connectivity index is 3.99. The van der Waals surface area contributed by atoms with E-state index in [1.54, 1.807) is 0 Å². The Morgan fingerprint density at radius 2 is 2.00 bits per heavy atom. The fraction of sp³-hybridized carbons (Fsp3) is 0.750. The summed E-state index contributed by atoms with van der Waals surface area (Å²) in [5.41, 5.74) is 0.631. The normalized spacial score (nSPS) is 12.2. The number of methoxy groups -OCH3 is 1. The number of carbonyl (C=O) groups excluding carboxylic acids is 1. The van der Waals surface area contributed by atoms with E-state index in [1.807, 2.05) is 0 Å². The van der Waals surface area contributed by atoms with Crippen molar-refractivity contribution in [1.82, 2.24) is 0 Å². The molecule has 0 aromatic heterocycles. The van der Waals surface area contributed by atoms with Crippen molar-refractivity contribution in [2.24, 2.45) is 5.92 Å². The van der Waals surface area contributed by atoms with Crippen LogP contribution >= 0.6 is 0 Å². The van der Waals surface area contributed by atoms with Crippen molar-refractivity contribution in [3.8, 4) is 0 Å². The molecule has 0 saturated carbocycles. The SMILES string of the molecule is C=C(C(=O)OC)C(CC)CCCCC. The average Bonchev–Trinajstić information content (AvgIpc) is 2.22. The molecule has 14 heavy (non-hydrogen) atoms. The number of ether oxygens (including phenoxy) is 1. The lowest BCUT2D eigenvalue weighted by Gasteiger charge is -2.15. The Hall–Kier alpha value is -0.790. The van der Waals surface area contributed by atoms with Gasteiger partial charge >= 0.3 is 5.97 Å². The Labute approximate surface area is 87.3 Å². The molecular weight excluding hydrogens is 176 g/mol. The maximum atomic E-state index is 11.2. The van der Waals surface area contributed by atoms with Gasteiger partial charge in [-0.25, -0.2) is 4.79 Å². The molecule has 0 aliphatic rings. The maximum Gasteiger partial charge on any atom is 0.333 e. The van der Waals surface area contributed by atoms with Gasteiger partial charge in [-0.05, 0) is 18.8 Å². The number of hydrogen-bond acceptors (Lipinski definition) is 2. The molecule has 0 aliphatic heterocycles.